The maximum Gasteiger partial charge on any atom is 0.189 e. The topological polar surface area (TPSA) is 36.9 Å². The monoisotopic (exact) mass is 392 g/mol. The Hall–Kier alpha value is -1.49. The SMILES string of the molecule is CCCOCOc1c2c(c(OCOCCC)c3ccccc13)CC(Cl)CC2. The van der Waals surface area contributed by atoms with Crippen molar-refractivity contribution in [3.63, 3.8) is 0 Å². The molecule has 1 atom stereocenters. The third kappa shape index (κ3) is 4.87. The van der Waals surface area contributed by atoms with E-state index in [2.05, 4.69) is 26.0 Å². The normalized spacial score (nSPS) is 16.3. The number of halogens is 1. The molecule has 0 aliphatic heterocycles. The second-order valence-electron chi connectivity index (χ2n) is 6.84. The van der Waals surface area contributed by atoms with Gasteiger partial charge in [0.05, 0.1) is 13.2 Å². The first kappa shape index (κ1) is 20.2. The summed E-state index contributed by atoms with van der Waals surface area (Å²) in [4.78, 5) is 0. The number of alkyl halides is 1. The summed E-state index contributed by atoms with van der Waals surface area (Å²) in [6.07, 6.45) is 4.53. The summed E-state index contributed by atoms with van der Waals surface area (Å²) in [5.41, 5.74) is 2.33. The van der Waals surface area contributed by atoms with Crippen LogP contribution in [-0.4, -0.2) is 32.2 Å². The smallest absolute Gasteiger partial charge is 0.189 e. The molecule has 148 valence electrons. The Balaban J connectivity index is 1.99. The second-order valence-corrected chi connectivity index (χ2v) is 7.46. The van der Waals surface area contributed by atoms with E-state index < -0.39 is 0 Å². The molecule has 0 radical (unpaired) electrons. The Bertz CT molecular complexity index is 747. The molecule has 4 nitrogen and oxygen atoms in total. The molecule has 0 spiro atoms. The predicted octanol–water partition coefficient (Wildman–Crippen LogP) is 5.46. The first-order valence-electron chi connectivity index (χ1n) is 9.87. The zero-order valence-electron chi connectivity index (χ0n) is 16.3. The standard InChI is InChI=1S/C22H29ClO4/c1-3-11-24-14-26-21-17-7-5-6-8-18(17)22(27-15-25-12-4-2)20-13-16(23)9-10-19(20)21/h5-8,16H,3-4,9-15H2,1-2H3. The van der Waals surface area contributed by atoms with Gasteiger partial charge in [0.2, 0.25) is 0 Å². The number of hydrogen-bond acceptors (Lipinski definition) is 4. The molecular weight excluding hydrogens is 364 g/mol. The van der Waals surface area contributed by atoms with Gasteiger partial charge in [-0.25, -0.2) is 0 Å². The van der Waals surface area contributed by atoms with Crippen molar-refractivity contribution < 1.29 is 18.9 Å². The molecule has 3 rings (SSSR count). The molecule has 0 amide bonds. The number of benzene rings is 2. The largest absolute Gasteiger partial charge is 0.467 e. The van der Waals surface area contributed by atoms with Gasteiger partial charge in [0.1, 0.15) is 11.5 Å². The molecule has 1 unspecified atom stereocenters. The maximum absolute atomic E-state index is 6.50. The molecule has 5 heteroatoms. The molecular formula is C22H29ClO4. The van der Waals surface area contributed by atoms with Gasteiger partial charge in [-0.2, -0.15) is 0 Å². The number of hydrogen-bond donors (Lipinski definition) is 0. The molecule has 0 fully saturated rings. The Kier molecular flexibility index (Phi) is 7.62. The average molecular weight is 393 g/mol. The lowest BCUT2D eigenvalue weighted by molar-refractivity contribution is 0.0137. The summed E-state index contributed by atoms with van der Waals surface area (Å²) in [5, 5.41) is 2.20. The van der Waals surface area contributed by atoms with Crippen molar-refractivity contribution in [3.8, 4) is 11.5 Å². The molecule has 0 aromatic heterocycles. The predicted molar refractivity (Wildman–Crippen MR) is 109 cm³/mol. The molecule has 2 aromatic carbocycles. The zero-order chi connectivity index (χ0) is 19.1. The van der Waals surface area contributed by atoms with Crippen LogP contribution in [0.15, 0.2) is 24.3 Å². The molecule has 1 aliphatic rings. The van der Waals surface area contributed by atoms with Crippen LogP contribution in [0.5, 0.6) is 11.5 Å². The summed E-state index contributed by atoms with van der Waals surface area (Å²) < 4.78 is 23.3. The molecule has 0 saturated carbocycles. The second kappa shape index (κ2) is 10.2. The first-order valence-corrected chi connectivity index (χ1v) is 10.3. The van der Waals surface area contributed by atoms with E-state index in [9.17, 15) is 0 Å². The van der Waals surface area contributed by atoms with E-state index in [-0.39, 0.29) is 19.0 Å². The zero-order valence-corrected chi connectivity index (χ0v) is 17.0. The van der Waals surface area contributed by atoms with Crippen LogP contribution in [0.3, 0.4) is 0 Å². The average Bonchev–Trinajstić information content (AvgIpc) is 2.69. The Morgan fingerprint density at radius 3 is 2.00 bits per heavy atom. The first-order chi connectivity index (χ1) is 13.3. The van der Waals surface area contributed by atoms with E-state index >= 15 is 0 Å². The van der Waals surface area contributed by atoms with Crippen molar-refractivity contribution >= 4 is 22.4 Å². The van der Waals surface area contributed by atoms with Gasteiger partial charge in [-0.3, -0.25) is 0 Å². The van der Waals surface area contributed by atoms with E-state index in [0.717, 1.165) is 59.9 Å². The van der Waals surface area contributed by atoms with Crippen molar-refractivity contribution in [2.75, 3.05) is 26.8 Å². The lowest BCUT2D eigenvalue weighted by Crippen LogP contribution is -2.18. The van der Waals surface area contributed by atoms with Crippen molar-refractivity contribution in [1.29, 1.82) is 0 Å². The maximum atomic E-state index is 6.50. The van der Waals surface area contributed by atoms with Crippen molar-refractivity contribution in [3.05, 3.63) is 35.4 Å². The van der Waals surface area contributed by atoms with Crippen molar-refractivity contribution in [2.24, 2.45) is 0 Å². The van der Waals surface area contributed by atoms with Crippen LogP contribution in [-0.2, 0) is 22.3 Å². The minimum Gasteiger partial charge on any atom is -0.467 e. The highest BCUT2D eigenvalue weighted by atomic mass is 35.5. The number of ether oxygens (including phenoxy) is 4. The number of fused-ring (bicyclic) bond motifs is 2. The quantitative estimate of drug-likeness (QED) is 0.305. The molecule has 0 N–H and O–H groups in total. The third-order valence-corrected chi connectivity index (χ3v) is 5.10. The van der Waals surface area contributed by atoms with Crippen LogP contribution < -0.4 is 9.47 Å². The van der Waals surface area contributed by atoms with Crippen LogP contribution in [0, 0.1) is 0 Å². The summed E-state index contributed by atoms with van der Waals surface area (Å²) in [7, 11) is 0. The molecule has 0 saturated heterocycles. The fourth-order valence-corrected chi connectivity index (χ4v) is 3.78. The highest BCUT2D eigenvalue weighted by Crippen LogP contribution is 2.44. The summed E-state index contributed by atoms with van der Waals surface area (Å²) in [6, 6.07) is 8.20. The molecule has 27 heavy (non-hydrogen) atoms. The van der Waals surface area contributed by atoms with Crippen LogP contribution in [0.25, 0.3) is 10.8 Å². The molecule has 0 bridgehead atoms. The van der Waals surface area contributed by atoms with Gasteiger partial charge in [0, 0.05) is 27.3 Å². The Morgan fingerprint density at radius 2 is 1.44 bits per heavy atom. The fraction of sp³-hybridized carbons (Fsp3) is 0.545. The minimum atomic E-state index is 0.113. The number of rotatable bonds is 10. The highest BCUT2D eigenvalue weighted by Gasteiger charge is 2.27. The van der Waals surface area contributed by atoms with Crippen molar-refractivity contribution in [1.82, 2.24) is 0 Å². The van der Waals surface area contributed by atoms with Gasteiger partial charge in [-0.05, 0) is 32.1 Å². The van der Waals surface area contributed by atoms with E-state index in [1.165, 1.54) is 5.56 Å². The Labute approximate surface area is 166 Å². The molecule has 0 heterocycles. The van der Waals surface area contributed by atoms with Gasteiger partial charge < -0.3 is 18.9 Å². The third-order valence-electron chi connectivity index (χ3n) is 4.73. The van der Waals surface area contributed by atoms with Crippen LogP contribution in [0.1, 0.15) is 44.2 Å². The van der Waals surface area contributed by atoms with Crippen LogP contribution >= 0.6 is 11.6 Å². The lowest BCUT2D eigenvalue weighted by atomic mass is 9.87. The Morgan fingerprint density at radius 1 is 0.889 bits per heavy atom. The van der Waals surface area contributed by atoms with Gasteiger partial charge in [0.15, 0.2) is 13.6 Å². The van der Waals surface area contributed by atoms with Crippen molar-refractivity contribution in [2.45, 2.75) is 51.3 Å². The van der Waals surface area contributed by atoms with Gasteiger partial charge in [-0.1, -0.05) is 38.1 Å². The van der Waals surface area contributed by atoms with Gasteiger partial charge in [0.25, 0.3) is 0 Å². The molecule has 2 aromatic rings. The lowest BCUT2D eigenvalue weighted by Gasteiger charge is -2.27. The fourth-order valence-electron chi connectivity index (χ4n) is 3.52. The summed E-state index contributed by atoms with van der Waals surface area (Å²) in [5.74, 6) is 1.78. The van der Waals surface area contributed by atoms with E-state index in [1.807, 2.05) is 12.1 Å². The van der Waals surface area contributed by atoms with E-state index in [4.69, 9.17) is 30.5 Å². The minimum absolute atomic E-state index is 0.113. The van der Waals surface area contributed by atoms with Crippen LogP contribution in [0.2, 0.25) is 0 Å². The molecule has 1 aliphatic carbocycles. The van der Waals surface area contributed by atoms with E-state index in [1.54, 1.807) is 0 Å². The van der Waals surface area contributed by atoms with Gasteiger partial charge >= 0.3 is 0 Å². The summed E-state index contributed by atoms with van der Waals surface area (Å²) in [6.45, 7) is 6.06. The summed E-state index contributed by atoms with van der Waals surface area (Å²) >= 11 is 6.50. The van der Waals surface area contributed by atoms with Crippen LogP contribution in [0.4, 0.5) is 0 Å². The van der Waals surface area contributed by atoms with E-state index in [0.29, 0.717) is 13.2 Å². The highest BCUT2D eigenvalue weighted by molar-refractivity contribution is 6.21. The van der Waals surface area contributed by atoms with Gasteiger partial charge in [-0.15, -0.1) is 11.6 Å².